The van der Waals surface area contributed by atoms with Crippen molar-refractivity contribution in [2.45, 2.75) is 44.3 Å². The van der Waals surface area contributed by atoms with Crippen LogP contribution in [0.4, 0.5) is 0 Å². The van der Waals surface area contributed by atoms with E-state index in [1.165, 1.54) is 49.3 Å². The smallest absolute Gasteiger partial charge is 0.0544 e. The number of hydrogen-bond donors (Lipinski definition) is 0. The maximum absolute atomic E-state index is 4.60. The van der Waals surface area contributed by atoms with Crippen molar-refractivity contribution in [3.05, 3.63) is 65.5 Å². The van der Waals surface area contributed by atoms with Crippen molar-refractivity contribution in [2.24, 2.45) is 5.92 Å². The fourth-order valence-electron chi connectivity index (χ4n) is 5.53. The third kappa shape index (κ3) is 2.70. The molecule has 25 heavy (non-hydrogen) atoms. The van der Waals surface area contributed by atoms with E-state index in [1.807, 2.05) is 12.3 Å². The quantitative estimate of drug-likeness (QED) is 0.857. The van der Waals surface area contributed by atoms with Crippen LogP contribution in [0, 0.1) is 12.8 Å². The normalized spacial score (nSPS) is 34.2. The van der Waals surface area contributed by atoms with Crippen molar-refractivity contribution in [1.29, 1.82) is 0 Å². The number of likely N-dealkylation sites (tertiary alicyclic amines) is 1. The summed E-state index contributed by atoms with van der Waals surface area (Å²) in [6.45, 7) is 6.94. The summed E-state index contributed by atoms with van der Waals surface area (Å²) in [4.78, 5) is 10.1. The molecule has 0 unspecified atom stereocenters. The SMILES string of the molecule is Cc1ccc([C@H]2CN(Cc3ccccn3)[C@@H]3C4CCN(CC4)[C@H]23)cc1. The molecule has 3 heteroatoms. The van der Waals surface area contributed by atoms with E-state index in [9.17, 15) is 0 Å². The lowest BCUT2D eigenvalue weighted by Gasteiger charge is -2.51. The Hall–Kier alpha value is -1.71. The lowest BCUT2D eigenvalue weighted by Crippen LogP contribution is -2.60. The van der Waals surface area contributed by atoms with Crippen molar-refractivity contribution in [2.75, 3.05) is 19.6 Å². The number of rotatable bonds is 3. The van der Waals surface area contributed by atoms with Gasteiger partial charge < -0.3 is 0 Å². The number of piperidine rings is 3. The number of nitrogens with zero attached hydrogens (tertiary/aromatic N) is 3. The van der Waals surface area contributed by atoms with E-state index in [4.69, 9.17) is 0 Å². The Morgan fingerprint density at radius 1 is 1.00 bits per heavy atom. The maximum atomic E-state index is 4.60. The number of hydrogen-bond acceptors (Lipinski definition) is 3. The van der Waals surface area contributed by atoms with E-state index in [0.717, 1.165) is 12.5 Å². The second-order valence-electron chi connectivity index (χ2n) is 8.12. The molecule has 0 saturated carbocycles. The van der Waals surface area contributed by atoms with Gasteiger partial charge in [0.1, 0.15) is 0 Å². The summed E-state index contributed by atoms with van der Waals surface area (Å²) in [5.74, 6) is 1.51. The van der Waals surface area contributed by atoms with Crippen LogP contribution < -0.4 is 0 Å². The van der Waals surface area contributed by atoms with Crippen LogP contribution in [0.5, 0.6) is 0 Å². The van der Waals surface area contributed by atoms with Gasteiger partial charge in [-0.2, -0.15) is 0 Å². The highest BCUT2D eigenvalue weighted by Crippen LogP contribution is 2.46. The van der Waals surface area contributed by atoms with Gasteiger partial charge in [0.25, 0.3) is 0 Å². The summed E-state index contributed by atoms with van der Waals surface area (Å²) < 4.78 is 0. The van der Waals surface area contributed by atoms with Crippen molar-refractivity contribution < 1.29 is 0 Å². The van der Waals surface area contributed by atoms with Crippen LogP contribution in [0.3, 0.4) is 0 Å². The fourth-order valence-corrected chi connectivity index (χ4v) is 5.53. The van der Waals surface area contributed by atoms with Crippen LogP contribution in [0.2, 0.25) is 0 Å². The van der Waals surface area contributed by atoms with Gasteiger partial charge in [0.15, 0.2) is 0 Å². The second-order valence-corrected chi connectivity index (χ2v) is 8.12. The van der Waals surface area contributed by atoms with Crippen LogP contribution in [0.25, 0.3) is 0 Å². The summed E-state index contributed by atoms with van der Waals surface area (Å²) in [7, 11) is 0. The highest BCUT2D eigenvalue weighted by molar-refractivity contribution is 5.30. The predicted octanol–water partition coefficient (Wildman–Crippen LogP) is 3.45. The van der Waals surface area contributed by atoms with Crippen molar-refractivity contribution in [3.63, 3.8) is 0 Å². The monoisotopic (exact) mass is 333 g/mol. The van der Waals surface area contributed by atoms with Gasteiger partial charge in [-0.05, 0) is 56.5 Å². The van der Waals surface area contributed by atoms with Crippen LogP contribution in [0.1, 0.15) is 35.6 Å². The first-order chi connectivity index (χ1) is 12.3. The molecule has 2 bridgehead atoms. The molecule has 5 heterocycles. The van der Waals surface area contributed by atoms with Gasteiger partial charge in [-0.25, -0.2) is 0 Å². The third-order valence-electron chi connectivity index (χ3n) is 6.69. The van der Waals surface area contributed by atoms with Crippen molar-refractivity contribution in [3.8, 4) is 0 Å². The molecule has 0 radical (unpaired) electrons. The molecule has 1 aromatic carbocycles. The number of aryl methyl sites for hydroxylation is 1. The van der Waals surface area contributed by atoms with E-state index in [-0.39, 0.29) is 0 Å². The molecule has 6 rings (SSSR count). The second kappa shape index (κ2) is 6.22. The first-order valence-corrected chi connectivity index (χ1v) is 9.74. The molecule has 0 spiro atoms. The lowest BCUT2D eigenvalue weighted by atomic mass is 9.75. The van der Waals surface area contributed by atoms with Gasteiger partial charge in [0.2, 0.25) is 0 Å². The average Bonchev–Trinajstić information content (AvgIpc) is 3.06. The highest BCUT2D eigenvalue weighted by atomic mass is 15.3. The molecule has 130 valence electrons. The van der Waals surface area contributed by atoms with E-state index >= 15 is 0 Å². The van der Waals surface area contributed by atoms with Crippen LogP contribution in [0.15, 0.2) is 48.7 Å². The number of pyridine rings is 1. The number of fused-ring (bicyclic) bond motifs is 2. The topological polar surface area (TPSA) is 19.4 Å². The van der Waals surface area contributed by atoms with Gasteiger partial charge >= 0.3 is 0 Å². The van der Waals surface area contributed by atoms with Crippen molar-refractivity contribution >= 4 is 0 Å². The largest absolute Gasteiger partial charge is 0.298 e. The summed E-state index contributed by atoms with van der Waals surface area (Å²) in [6, 6.07) is 17.0. The molecule has 3 nitrogen and oxygen atoms in total. The van der Waals surface area contributed by atoms with Gasteiger partial charge in [-0.1, -0.05) is 35.9 Å². The fraction of sp³-hybridized carbons (Fsp3) is 0.500. The Balaban J connectivity index is 1.47. The molecule has 0 amide bonds. The maximum Gasteiger partial charge on any atom is 0.0544 e. The average molecular weight is 333 g/mol. The van der Waals surface area contributed by atoms with Gasteiger partial charge in [-0.3, -0.25) is 14.8 Å². The summed E-state index contributed by atoms with van der Waals surface area (Å²) >= 11 is 0. The number of aromatic nitrogens is 1. The summed E-state index contributed by atoms with van der Waals surface area (Å²) in [5, 5.41) is 0. The lowest BCUT2D eigenvalue weighted by molar-refractivity contribution is -0.00897. The van der Waals surface area contributed by atoms with E-state index in [0.29, 0.717) is 18.0 Å². The van der Waals surface area contributed by atoms with Gasteiger partial charge in [-0.15, -0.1) is 0 Å². The summed E-state index contributed by atoms with van der Waals surface area (Å²) in [6.07, 6.45) is 4.68. The first kappa shape index (κ1) is 15.5. The Kier molecular flexibility index (Phi) is 3.87. The molecule has 4 fully saturated rings. The minimum atomic E-state index is 0.636. The molecule has 3 atom stereocenters. The molecule has 2 aromatic rings. The van der Waals surface area contributed by atoms with E-state index < -0.39 is 0 Å². The van der Waals surface area contributed by atoms with Crippen LogP contribution in [-0.2, 0) is 6.54 Å². The zero-order valence-corrected chi connectivity index (χ0v) is 15.0. The zero-order valence-electron chi connectivity index (χ0n) is 15.0. The van der Waals surface area contributed by atoms with E-state index in [2.05, 4.69) is 58.1 Å². The Labute approximate surface area is 150 Å². The minimum absolute atomic E-state index is 0.636. The molecule has 0 aliphatic carbocycles. The predicted molar refractivity (Wildman–Crippen MR) is 100 cm³/mol. The van der Waals surface area contributed by atoms with Crippen molar-refractivity contribution in [1.82, 2.24) is 14.8 Å². The summed E-state index contributed by atoms with van der Waals surface area (Å²) in [5.41, 5.74) is 4.09. The molecule has 1 aromatic heterocycles. The Morgan fingerprint density at radius 2 is 1.80 bits per heavy atom. The molecule has 0 N–H and O–H groups in total. The number of benzene rings is 1. The van der Waals surface area contributed by atoms with E-state index in [1.54, 1.807) is 0 Å². The third-order valence-corrected chi connectivity index (χ3v) is 6.69. The van der Waals surface area contributed by atoms with Crippen LogP contribution >= 0.6 is 0 Å². The minimum Gasteiger partial charge on any atom is -0.298 e. The molecule has 4 aliphatic rings. The van der Waals surface area contributed by atoms with Gasteiger partial charge in [0.05, 0.1) is 5.69 Å². The zero-order chi connectivity index (χ0) is 16.8. The Morgan fingerprint density at radius 3 is 2.52 bits per heavy atom. The molecular formula is C22H27N3. The first-order valence-electron chi connectivity index (χ1n) is 9.74. The molecule has 4 aliphatic heterocycles. The Bertz CT molecular complexity index is 719. The van der Waals surface area contributed by atoms with Gasteiger partial charge in [0, 0.05) is 37.3 Å². The highest BCUT2D eigenvalue weighted by Gasteiger charge is 2.53. The van der Waals surface area contributed by atoms with Crippen LogP contribution in [-0.4, -0.2) is 46.5 Å². The molecule has 4 saturated heterocycles. The molecular weight excluding hydrogens is 306 g/mol. The standard InChI is InChI=1S/C22H27N3/c1-16-5-7-17(8-6-16)20-15-25(14-19-4-2-3-11-23-19)21-18-9-12-24(13-10-18)22(20)21/h2-8,11,18,20-22H,9-10,12-15H2,1H3/t20-,21-,22-/m1/s1.